The summed E-state index contributed by atoms with van der Waals surface area (Å²) in [5.74, 6) is -1.32. The maximum absolute atomic E-state index is 12.3. The van der Waals surface area contributed by atoms with Gasteiger partial charge in [-0.05, 0) is 24.3 Å². The quantitative estimate of drug-likeness (QED) is 0.918. The largest absolute Gasteiger partial charge is 0.497 e. The van der Waals surface area contributed by atoms with E-state index in [-0.39, 0.29) is 24.6 Å². The molecule has 1 aromatic carbocycles. The molecule has 0 bridgehead atoms. The summed E-state index contributed by atoms with van der Waals surface area (Å²) in [5, 5.41) is 5.78. The van der Waals surface area contributed by atoms with E-state index in [2.05, 4.69) is 20.0 Å². The molecular formula is C13H12F3N3O3. The van der Waals surface area contributed by atoms with Crippen molar-refractivity contribution in [1.29, 1.82) is 0 Å². The number of anilines is 1. The van der Waals surface area contributed by atoms with Crippen LogP contribution in [0.3, 0.4) is 0 Å². The number of halogens is 3. The van der Waals surface area contributed by atoms with Crippen molar-refractivity contribution >= 4 is 11.6 Å². The summed E-state index contributed by atoms with van der Waals surface area (Å²) in [7, 11) is 1.52. The Labute approximate surface area is 123 Å². The number of nitrogens with one attached hydrogen (secondary N) is 1. The van der Waals surface area contributed by atoms with Crippen molar-refractivity contribution in [3.05, 3.63) is 36.0 Å². The highest BCUT2D eigenvalue weighted by molar-refractivity contribution is 5.90. The second-order valence-electron chi connectivity index (χ2n) is 4.29. The first kappa shape index (κ1) is 15.8. The van der Waals surface area contributed by atoms with Crippen LogP contribution in [0.4, 0.5) is 18.9 Å². The van der Waals surface area contributed by atoms with E-state index in [9.17, 15) is 18.0 Å². The van der Waals surface area contributed by atoms with Gasteiger partial charge in [0.25, 0.3) is 0 Å². The fourth-order valence-electron chi connectivity index (χ4n) is 1.59. The topological polar surface area (TPSA) is 77.2 Å². The molecule has 0 saturated heterocycles. The molecule has 0 aliphatic carbocycles. The SMILES string of the molecule is COc1ccc(NC(=O)CCc2noc(C(F)(F)F)n2)cc1. The molecule has 0 aliphatic rings. The molecule has 22 heavy (non-hydrogen) atoms. The lowest BCUT2D eigenvalue weighted by Gasteiger charge is -2.05. The predicted molar refractivity (Wildman–Crippen MR) is 69.2 cm³/mol. The standard InChI is InChI=1S/C13H12F3N3O3/c1-21-9-4-2-8(3-5-9)17-11(20)7-6-10-18-12(22-19-10)13(14,15)16/h2-5H,6-7H2,1H3,(H,17,20). The maximum Gasteiger partial charge on any atom is 0.471 e. The van der Waals surface area contributed by atoms with Crippen molar-refractivity contribution in [2.24, 2.45) is 0 Å². The van der Waals surface area contributed by atoms with Crippen molar-refractivity contribution in [2.75, 3.05) is 12.4 Å². The van der Waals surface area contributed by atoms with Crippen LogP contribution in [0.25, 0.3) is 0 Å². The molecule has 1 amide bonds. The van der Waals surface area contributed by atoms with Gasteiger partial charge in [-0.3, -0.25) is 4.79 Å². The molecule has 2 aromatic rings. The number of methoxy groups -OCH3 is 1. The maximum atomic E-state index is 12.3. The molecule has 0 atom stereocenters. The number of rotatable bonds is 5. The minimum Gasteiger partial charge on any atom is -0.497 e. The van der Waals surface area contributed by atoms with Gasteiger partial charge in [-0.1, -0.05) is 5.16 Å². The Kier molecular flexibility index (Phi) is 4.64. The van der Waals surface area contributed by atoms with Crippen LogP contribution >= 0.6 is 0 Å². The van der Waals surface area contributed by atoms with Crippen LogP contribution in [-0.4, -0.2) is 23.2 Å². The Morgan fingerprint density at radius 1 is 1.32 bits per heavy atom. The fraction of sp³-hybridized carbons (Fsp3) is 0.308. The molecule has 0 aliphatic heterocycles. The molecule has 118 valence electrons. The van der Waals surface area contributed by atoms with Gasteiger partial charge >= 0.3 is 12.1 Å². The van der Waals surface area contributed by atoms with Crippen molar-refractivity contribution in [3.63, 3.8) is 0 Å². The van der Waals surface area contributed by atoms with Gasteiger partial charge < -0.3 is 14.6 Å². The summed E-state index contributed by atoms with van der Waals surface area (Å²) < 4.78 is 45.8. The molecule has 0 fully saturated rings. The average molecular weight is 315 g/mol. The molecule has 1 heterocycles. The summed E-state index contributed by atoms with van der Waals surface area (Å²) in [5.41, 5.74) is 0.551. The average Bonchev–Trinajstić information content (AvgIpc) is 2.95. The number of aryl methyl sites for hydroxylation is 1. The van der Waals surface area contributed by atoms with Crippen LogP contribution < -0.4 is 10.1 Å². The van der Waals surface area contributed by atoms with Crippen molar-refractivity contribution in [2.45, 2.75) is 19.0 Å². The van der Waals surface area contributed by atoms with Gasteiger partial charge in [0.05, 0.1) is 7.11 Å². The number of benzene rings is 1. The smallest absolute Gasteiger partial charge is 0.471 e. The Hall–Kier alpha value is -2.58. The van der Waals surface area contributed by atoms with Gasteiger partial charge in [0, 0.05) is 18.5 Å². The number of amides is 1. The van der Waals surface area contributed by atoms with Gasteiger partial charge in [-0.15, -0.1) is 0 Å². The van der Waals surface area contributed by atoms with Crippen LogP contribution in [0.1, 0.15) is 18.1 Å². The van der Waals surface area contributed by atoms with E-state index in [4.69, 9.17) is 4.74 Å². The number of ether oxygens (including phenoxy) is 1. The van der Waals surface area contributed by atoms with E-state index < -0.39 is 12.1 Å². The molecule has 1 N–H and O–H groups in total. The monoisotopic (exact) mass is 315 g/mol. The normalized spacial score (nSPS) is 11.3. The van der Waals surface area contributed by atoms with Crippen LogP contribution in [0.5, 0.6) is 5.75 Å². The fourth-order valence-corrected chi connectivity index (χ4v) is 1.59. The Bertz CT molecular complexity index is 638. The van der Waals surface area contributed by atoms with E-state index >= 15 is 0 Å². The van der Waals surface area contributed by atoms with E-state index in [0.717, 1.165) is 0 Å². The highest BCUT2D eigenvalue weighted by Crippen LogP contribution is 2.27. The zero-order chi connectivity index (χ0) is 16.2. The van der Waals surface area contributed by atoms with Gasteiger partial charge in [0.15, 0.2) is 5.82 Å². The highest BCUT2D eigenvalue weighted by atomic mass is 19.4. The third kappa shape index (κ3) is 4.21. The molecule has 0 spiro atoms. The molecule has 9 heteroatoms. The number of hydrogen-bond acceptors (Lipinski definition) is 5. The molecule has 6 nitrogen and oxygen atoms in total. The number of carbonyl (C=O) groups is 1. The molecule has 2 rings (SSSR count). The third-order valence-electron chi connectivity index (χ3n) is 2.66. The molecular weight excluding hydrogens is 303 g/mol. The zero-order valence-electron chi connectivity index (χ0n) is 11.5. The van der Waals surface area contributed by atoms with Crippen LogP contribution in [0, 0.1) is 0 Å². The number of nitrogens with zero attached hydrogens (tertiary/aromatic N) is 2. The lowest BCUT2D eigenvalue weighted by molar-refractivity contribution is -0.159. The first-order valence-electron chi connectivity index (χ1n) is 6.22. The van der Waals surface area contributed by atoms with Gasteiger partial charge in [0.2, 0.25) is 5.91 Å². The first-order valence-corrected chi connectivity index (χ1v) is 6.22. The van der Waals surface area contributed by atoms with Crippen molar-refractivity contribution in [1.82, 2.24) is 10.1 Å². The van der Waals surface area contributed by atoms with E-state index in [1.807, 2.05) is 0 Å². The molecule has 1 aromatic heterocycles. The Morgan fingerprint density at radius 2 is 2.00 bits per heavy atom. The van der Waals surface area contributed by atoms with Crippen LogP contribution in [0.2, 0.25) is 0 Å². The van der Waals surface area contributed by atoms with Crippen LogP contribution in [0.15, 0.2) is 28.8 Å². The second kappa shape index (κ2) is 6.46. The number of hydrogen-bond donors (Lipinski definition) is 1. The van der Waals surface area contributed by atoms with Crippen molar-refractivity contribution in [3.8, 4) is 5.75 Å². The number of aromatic nitrogens is 2. The van der Waals surface area contributed by atoms with E-state index in [1.165, 1.54) is 7.11 Å². The summed E-state index contributed by atoms with van der Waals surface area (Å²) >= 11 is 0. The van der Waals surface area contributed by atoms with Gasteiger partial charge in [0.1, 0.15) is 5.75 Å². The Balaban J connectivity index is 1.85. The zero-order valence-corrected chi connectivity index (χ0v) is 11.5. The lowest BCUT2D eigenvalue weighted by atomic mass is 10.2. The lowest BCUT2D eigenvalue weighted by Crippen LogP contribution is -2.12. The molecule has 0 radical (unpaired) electrons. The van der Waals surface area contributed by atoms with Gasteiger partial charge in [-0.2, -0.15) is 18.2 Å². The Morgan fingerprint density at radius 3 is 2.55 bits per heavy atom. The summed E-state index contributed by atoms with van der Waals surface area (Å²) in [6, 6.07) is 6.63. The minimum atomic E-state index is -4.68. The van der Waals surface area contributed by atoms with E-state index in [1.54, 1.807) is 24.3 Å². The van der Waals surface area contributed by atoms with Gasteiger partial charge in [-0.25, -0.2) is 0 Å². The predicted octanol–water partition coefficient (Wildman–Crippen LogP) is 2.67. The molecule has 0 unspecified atom stereocenters. The first-order chi connectivity index (χ1) is 10.4. The van der Waals surface area contributed by atoms with E-state index in [0.29, 0.717) is 11.4 Å². The number of carbonyl (C=O) groups excluding carboxylic acids is 1. The second-order valence-corrected chi connectivity index (χ2v) is 4.29. The van der Waals surface area contributed by atoms with Crippen LogP contribution in [-0.2, 0) is 17.4 Å². The number of alkyl halides is 3. The molecule has 0 saturated carbocycles. The minimum absolute atomic E-state index is 0.0540. The summed E-state index contributed by atoms with van der Waals surface area (Å²) in [4.78, 5) is 14.9. The third-order valence-corrected chi connectivity index (χ3v) is 2.66. The van der Waals surface area contributed by atoms with Crippen molar-refractivity contribution < 1.29 is 27.2 Å². The highest BCUT2D eigenvalue weighted by Gasteiger charge is 2.38. The summed E-state index contributed by atoms with van der Waals surface area (Å²) in [6.07, 6.45) is -4.80. The summed E-state index contributed by atoms with van der Waals surface area (Å²) in [6.45, 7) is 0.